The Balaban J connectivity index is 1.47. The molecule has 0 saturated carbocycles. The van der Waals surface area contributed by atoms with Crippen molar-refractivity contribution in [2.24, 2.45) is 0 Å². The minimum atomic E-state index is -0.268. The molecule has 1 aliphatic rings. The normalized spacial score (nSPS) is 16.2. The number of likely N-dealkylation sites (N-methyl/N-ethyl adjacent to an activating group) is 1. The van der Waals surface area contributed by atoms with E-state index in [0.29, 0.717) is 6.42 Å². The summed E-state index contributed by atoms with van der Waals surface area (Å²) in [5.41, 5.74) is 0.847. The first kappa shape index (κ1) is 18.9. The summed E-state index contributed by atoms with van der Waals surface area (Å²) in [5, 5.41) is 2.94. The van der Waals surface area contributed by atoms with Gasteiger partial charge in [0.15, 0.2) is 0 Å². The van der Waals surface area contributed by atoms with E-state index in [2.05, 4.69) is 22.0 Å². The number of nitrogens with zero attached hydrogens (tertiary/aromatic N) is 2. The zero-order chi connectivity index (χ0) is 17.2. The Kier molecular flexibility index (Phi) is 8.19. The number of carbonyl (C=O) groups excluding carboxylic acids is 1. The van der Waals surface area contributed by atoms with Crippen LogP contribution in [0.3, 0.4) is 0 Å². The summed E-state index contributed by atoms with van der Waals surface area (Å²) in [5.74, 6) is -0.257. The van der Waals surface area contributed by atoms with Crippen molar-refractivity contribution < 1.29 is 9.18 Å². The molecule has 1 aromatic carbocycles. The Hall–Kier alpha value is -1.46. The maximum absolute atomic E-state index is 12.8. The molecule has 0 bridgehead atoms. The van der Waals surface area contributed by atoms with Crippen molar-refractivity contribution in [1.82, 2.24) is 15.1 Å². The van der Waals surface area contributed by atoms with Crippen LogP contribution in [0.1, 0.15) is 31.7 Å². The van der Waals surface area contributed by atoms with Crippen LogP contribution in [0.25, 0.3) is 0 Å². The lowest BCUT2D eigenvalue weighted by atomic mass is 10.1. The van der Waals surface area contributed by atoms with E-state index in [1.165, 1.54) is 51.3 Å². The molecule has 24 heavy (non-hydrogen) atoms. The molecule has 0 aliphatic carbocycles. The minimum absolute atomic E-state index is 0.0114. The third-order valence-corrected chi connectivity index (χ3v) is 4.66. The number of halogens is 1. The quantitative estimate of drug-likeness (QED) is 0.704. The number of amides is 1. The standard InChI is InChI=1S/C19H30FN3O/c1-2-22-12-14-23(15-13-22)11-5-3-4-10-21-19(24)16-17-6-8-18(20)9-7-17/h6-9H,2-5,10-16H2,1H3,(H,21,24). The molecule has 1 N–H and O–H groups in total. The molecule has 1 aliphatic heterocycles. The van der Waals surface area contributed by atoms with Crippen LogP contribution in [0.4, 0.5) is 4.39 Å². The highest BCUT2D eigenvalue weighted by Gasteiger charge is 2.14. The highest BCUT2D eigenvalue weighted by Crippen LogP contribution is 2.05. The number of piperazine rings is 1. The fourth-order valence-corrected chi connectivity index (χ4v) is 3.04. The molecule has 1 saturated heterocycles. The second-order valence-corrected chi connectivity index (χ2v) is 6.49. The van der Waals surface area contributed by atoms with Gasteiger partial charge in [0.2, 0.25) is 5.91 Å². The van der Waals surface area contributed by atoms with Crippen molar-refractivity contribution in [2.45, 2.75) is 32.6 Å². The smallest absolute Gasteiger partial charge is 0.224 e. The lowest BCUT2D eigenvalue weighted by Crippen LogP contribution is -2.46. The van der Waals surface area contributed by atoms with E-state index in [-0.39, 0.29) is 11.7 Å². The summed E-state index contributed by atoms with van der Waals surface area (Å²) >= 11 is 0. The molecular weight excluding hydrogens is 305 g/mol. The predicted octanol–water partition coefficient (Wildman–Crippen LogP) is 2.29. The predicted molar refractivity (Wildman–Crippen MR) is 95.5 cm³/mol. The molecule has 134 valence electrons. The fraction of sp³-hybridized carbons (Fsp3) is 0.632. The van der Waals surface area contributed by atoms with Gasteiger partial charge in [0.25, 0.3) is 0 Å². The summed E-state index contributed by atoms with van der Waals surface area (Å²) in [6.45, 7) is 10.0. The van der Waals surface area contributed by atoms with Crippen LogP contribution in [0, 0.1) is 5.82 Å². The highest BCUT2D eigenvalue weighted by atomic mass is 19.1. The maximum Gasteiger partial charge on any atom is 0.224 e. The first-order chi connectivity index (χ1) is 11.7. The average Bonchev–Trinajstić information content (AvgIpc) is 2.60. The van der Waals surface area contributed by atoms with Gasteiger partial charge in [-0.3, -0.25) is 4.79 Å². The summed E-state index contributed by atoms with van der Waals surface area (Å²) in [6.07, 6.45) is 3.68. The van der Waals surface area contributed by atoms with Crippen LogP contribution < -0.4 is 5.32 Å². The van der Waals surface area contributed by atoms with Gasteiger partial charge in [0.05, 0.1) is 6.42 Å². The Bertz CT molecular complexity index is 484. The van der Waals surface area contributed by atoms with Gasteiger partial charge < -0.3 is 15.1 Å². The van der Waals surface area contributed by atoms with E-state index in [4.69, 9.17) is 0 Å². The number of rotatable bonds is 9. The molecule has 0 radical (unpaired) electrons. The number of carbonyl (C=O) groups is 1. The topological polar surface area (TPSA) is 35.6 Å². The molecule has 0 atom stereocenters. The first-order valence-corrected chi connectivity index (χ1v) is 9.13. The molecule has 0 spiro atoms. The summed E-state index contributed by atoms with van der Waals surface area (Å²) < 4.78 is 12.8. The van der Waals surface area contributed by atoms with Gasteiger partial charge in [-0.25, -0.2) is 4.39 Å². The van der Waals surface area contributed by atoms with Crippen molar-refractivity contribution in [1.29, 1.82) is 0 Å². The van der Waals surface area contributed by atoms with E-state index in [9.17, 15) is 9.18 Å². The molecule has 1 aromatic rings. The Morgan fingerprint density at radius 2 is 1.71 bits per heavy atom. The lowest BCUT2D eigenvalue weighted by molar-refractivity contribution is -0.120. The van der Waals surface area contributed by atoms with Crippen molar-refractivity contribution in [2.75, 3.05) is 45.8 Å². The third-order valence-electron chi connectivity index (χ3n) is 4.66. The van der Waals surface area contributed by atoms with Crippen LogP contribution in [-0.2, 0) is 11.2 Å². The average molecular weight is 335 g/mol. The molecule has 1 amide bonds. The SMILES string of the molecule is CCN1CCN(CCCCCNC(=O)Cc2ccc(F)cc2)CC1. The van der Waals surface area contributed by atoms with Crippen LogP contribution in [0.15, 0.2) is 24.3 Å². The van der Waals surface area contributed by atoms with Crippen molar-refractivity contribution in [3.05, 3.63) is 35.6 Å². The zero-order valence-corrected chi connectivity index (χ0v) is 14.8. The van der Waals surface area contributed by atoms with Crippen molar-refractivity contribution in [3.8, 4) is 0 Å². The first-order valence-electron chi connectivity index (χ1n) is 9.13. The Labute approximate surface area is 145 Å². The third kappa shape index (κ3) is 6.97. The summed E-state index contributed by atoms with van der Waals surface area (Å²) in [6, 6.07) is 6.10. The fourth-order valence-electron chi connectivity index (χ4n) is 3.04. The molecule has 2 rings (SSSR count). The summed E-state index contributed by atoms with van der Waals surface area (Å²) in [4.78, 5) is 16.9. The van der Waals surface area contributed by atoms with Gasteiger partial charge in [0.1, 0.15) is 5.82 Å². The van der Waals surface area contributed by atoms with Gasteiger partial charge in [-0.05, 0) is 43.6 Å². The molecule has 5 heteroatoms. The van der Waals surface area contributed by atoms with Crippen LogP contribution in [0.2, 0.25) is 0 Å². The lowest BCUT2D eigenvalue weighted by Gasteiger charge is -2.33. The second kappa shape index (κ2) is 10.4. The van der Waals surface area contributed by atoms with Crippen LogP contribution in [-0.4, -0.2) is 61.5 Å². The number of unbranched alkanes of at least 4 members (excludes halogenated alkanes) is 2. The Morgan fingerprint density at radius 1 is 1.04 bits per heavy atom. The van der Waals surface area contributed by atoms with Crippen molar-refractivity contribution in [3.63, 3.8) is 0 Å². The monoisotopic (exact) mass is 335 g/mol. The number of hydrogen-bond donors (Lipinski definition) is 1. The van der Waals surface area contributed by atoms with Gasteiger partial charge in [0, 0.05) is 32.7 Å². The summed E-state index contributed by atoms with van der Waals surface area (Å²) in [7, 11) is 0. The van der Waals surface area contributed by atoms with Crippen LogP contribution in [0.5, 0.6) is 0 Å². The van der Waals surface area contributed by atoms with E-state index in [0.717, 1.165) is 31.5 Å². The Morgan fingerprint density at radius 3 is 2.38 bits per heavy atom. The van der Waals surface area contributed by atoms with Gasteiger partial charge in [-0.2, -0.15) is 0 Å². The largest absolute Gasteiger partial charge is 0.356 e. The van der Waals surface area contributed by atoms with Crippen molar-refractivity contribution >= 4 is 5.91 Å². The molecule has 1 fully saturated rings. The molecular formula is C19H30FN3O. The number of hydrogen-bond acceptors (Lipinski definition) is 3. The molecule has 0 unspecified atom stereocenters. The second-order valence-electron chi connectivity index (χ2n) is 6.49. The molecule has 4 nitrogen and oxygen atoms in total. The zero-order valence-electron chi connectivity index (χ0n) is 14.8. The van der Waals surface area contributed by atoms with E-state index in [1.807, 2.05) is 0 Å². The van der Waals surface area contributed by atoms with E-state index < -0.39 is 0 Å². The minimum Gasteiger partial charge on any atom is -0.356 e. The van der Waals surface area contributed by atoms with E-state index >= 15 is 0 Å². The number of nitrogens with one attached hydrogen (secondary N) is 1. The van der Waals surface area contributed by atoms with Gasteiger partial charge in [-0.1, -0.05) is 25.5 Å². The van der Waals surface area contributed by atoms with Crippen LogP contribution >= 0.6 is 0 Å². The molecule has 1 heterocycles. The highest BCUT2D eigenvalue weighted by molar-refractivity contribution is 5.78. The van der Waals surface area contributed by atoms with E-state index in [1.54, 1.807) is 12.1 Å². The maximum atomic E-state index is 12.8. The molecule has 0 aromatic heterocycles. The van der Waals surface area contributed by atoms with Gasteiger partial charge in [-0.15, -0.1) is 0 Å². The van der Waals surface area contributed by atoms with Gasteiger partial charge >= 0.3 is 0 Å². The number of benzene rings is 1.